The number of aryl methyl sites for hydroxylation is 2. The van der Waals surface area contributed by atoms with E-state index in [0.29, 0.717) is 18.2 Å². The summed E-state index contributed by atoms with van der Waals surface area (Å²) in [5, 5.41) is 4.34. The van der Waals surface area contributed by atoms with E-state index < -0.39 is 0 Å². The van der Waals surface area contributed by atoms with Crippen LogP contribution in [-0.2, 0) is 20.1 Å². The molecule has 0 saturated carbocycles. The van der Waals surface area contributed by atoms with Gasteiger partial charge in [-0.15, -0.1) is 0 Å². The van der Waals surface area contributed by atoms with Gasteiger partial charge in [0, 0.05) is 7.05 Å². The quantitative estimate of drug-likeness (QED) is 0.862. The summed E-state index contributed by atoms with van der Waals surface area (Å²) in [6, 6.07) is 3.69. The van der Waals surface area contributed by atoms with Crippen molar-refractivity contribution in [3.63, 3.8) is 0 Å². The molecule has 0 aliphatic rings. The molecule has 0 spiro atoms. The van der Waals surface area contributed by atoms with Crippen molar-refractivity contribution in [2.45, 2.75) is 26.4 Å². The molecule has 5 nitrogen and oxygen atoms in total. The van der Waals surface area contributed by atoms with Crippen LogP contribution >= 0.6 is 0 Å². The van der Waals surface area contributed by atoms with Gasteiger partial charge >= 0.3 is 0 Å². The lowest BCUT2D eigenvalue weighted by molar-refractivity contribution is 0.250. The van der Waals surface area contributed by atoms with E-state index in [-0.39, 0.29) is 0 Å². The maximum absolute atomic E-state index is 5.99. The molecule has 0 aliphatic carbocycles. The smallest absolute Gasteiger partial charge is 0.236 e. The number of nitrogens with zero attached hydrogens (tertiary/aromatic N) is 2. The van der Waals surface area contributed by atoms with E-state index in [1.54, 1.807) is 10.9 Å². The van der Waals surface area contributed by atoms with Crippen molar-refractivity contribution in [1.29, 1.82) is 0 Å². The fraction of sp³-hybridized carbons (Fsp3) is 0.417. The third-order valence-corrected chi connectivity index (χ3v) is 2.52. The molecule has 0 atom stereocenters. The summed E-state index contributed by atoms with van der Waals surface area (Å²) in [4.78, 5) is 0. The summed E-state index contributed by atoms with van der Waals surface area (Å²) in [6.07, 6.45) is 3.50. The van der Waals surface area contributed by atoms with Crippen LogP contribution in [0, 0.1) is 0 Å². The zero-order valence-corrected chi connectivity index (χ0v) is 10.1. The van der Waals surface area contributed by atoms with Gasteiger partial charge in [-0.25, -0.2) is 4.68 Å². The Morgan fingerprint density at radius 2 is 2.35 bits per heavy atom. The first-order valence-electron chi connectivity index (χ1n) is 5.69. The fourth-order valence-corrected chi connectivity index (χ4v) is 1.70. The minimum absolute atomic E-state index is 0.363. The topological polar surface area (TPSA) is 66.2 Å². The highest BCUT2D eigenvalue weighted by Gasteiger charge is 2.14. The number of hydrogen-bond acceptors (Lipinski definition) is 4. The number of anilines is 1. The van der Waals surface area contributed by atoms with Gasteiger partial charge in [0.15, 0.2) is 0 Å². The van der Waals surface area contributed by atoms with Gasteiger partial charge in [-0.2, -0.15) is 5.10 Å². The molecule has 2 aromatic heterocycles. The molecule has 0 unspecified atom stereocenters. The molecular weight excluding hydrogens is 218 g/mol. The van der Waals surface area contributed by atoms with E-state index in [1.165, 1.54) is 0 Å². The molecular formula is C12H17N3O2. The number of aromatic nitrogens is 2. The molecule has 0 fully saturated rings. The van der Waals surface area contributed by atoms with Crippen molar-refractivity contribution in [2.75, 3.05) is 5.73 Å². The number of nitrogen functional groups attached to an aromatic ring is 1. The normalized spacial score (nSPS) is 10.7. The van der Waals surface area contributed by atoms with Crippen LogP contribution in [0.4, 0.5) is 5.69 Å². The molecule has 0 bridgehead atoms. The Morgan fingerprint density at radius 3 is 3.00 bits per heavy atom. The molecule has 92 valence electrons. The summed E-state index contributed by atoms with van der Waals surface area (Å²) in [5.74, 6) is 1.37. The third-order valence-electron chi connectivity index (χ3n) is 2.52. The lowest BCUT2D eigenvalue weighted by Gasteiger charge is -2.04. The minimum Gasteiger partial charge on any atom is -0.468 e. The van der Waals surface area contributed by atoms with Crippen LogP contribution in [0.1, 0.15) is 24.8 Å². The molecule has 0 radical (unpaired) electrons. The largest absolute Gasteiger partial charge is 0.468 e. The number of nitrogens with two attached hydrogens (primary N) is 1. The molecule has 2 rings (SSSR count). The van der Waals surface area contributed by atoms with Crippen LogP contribution in [0.5, 0.6) is 5.88 Å². The van der Waals surface area contributed by atoms with Gasteiger partial charge in [0.1, 0.15) is 18.1 Å². The maximum atomic E-state index is 5.99. The summed E-state index contributed by atoms with van der Waals surface area (Å²) in [5.41, 5.74) is 7.51. The summed E-state index contributed by atoms with van der Waals surface area (Å²) in [7, 11) is 1.83. The van der Waals surface area contributed by atoms with Crippen molar-refractivity contribution >= 4 is 5.69 Å². The molecule has 0 saturated heterocycles. The summed E-state index contributed by atoms with van der Waals surface area (Å²) < 4.78 is 12.5. The van der Waals surface area contributed by atoms with E-state index in [1.807, 2.05) is 19.2 Å². The average Bonchev–Trinajstić information content (AvgIpc) is 2.88. The summed E-state index contributed by atoms with van der Waals surface area (Å²) in [6.45, 7) is 2.46. The molecule has 2 heterocycles. The van der Waals surface area contributed by atoms with E-state index in [9.17, 15) is 0 Å². The average molecular weight is 235 g/mol. The van der Waals surface area contributed by atoms with Gasteiger partial charge < -0.3 is 14.9 Å². The van der Waals surface area contributed by atoms with Gasteiger partial charge in [0.2, 0.25) is 5.88 Å². The predicted molar refractivity (Wildman–Crippen MR) is 64.7 cm³/mol. The van der Waals surface area contributed by atoms with Crippen molar-refractivity contribution in [2.24, 2.45) is 7.05 Å². The standard InChI is InChI=1S/C12H17N3O2/c1-3-5-10-11(13)12(15(2)14-10)17-8-9-6-4-7-16-9/h4,6-7H,3,5,8,13H2,1-2H3. The van der Waals surface area contributed by atoms with E-state index in [0.717, 1.165) is 24.3 Å². The number of hydrogen-bond donors (Lipinski definition) is 1. The Hall–Kier alpha value is -1.91. The van der Waals surface area contributed by atoms with Gasteiger partial charge in [0.05, 0.1) is 12.0 Å². The Morgan fingerprint density at radius 1 is 1.53 bits per heavy atom. The molecule has 2 aromatic rings. The van der Waals surface area contributed by atoms with Crippen molar-refractivity contribution in [3.8, 4) is 5.88 Å². The van der Waals surface area contributed by atoms with Gasteiger partial charge in [-0.05, 0) is 18.6 Å². The second kappa shape index (κ2) is 4.95. The number of furan rings is 1. The molecule has 0 aliphatic heterocycles. The lowest BCUT2D eigenvalue weighted by Crippen LogP contribution is -2.01. The Bertz CT molecular complexity index is 474. The van der Waals surface area contributed by atoms with Gasteiger partial charge in [0.25, 0.3) is 0 Å². The molecule has 0 aromatic carbocycles. The first-order valence-corrected chi connectivity index (χ1v) is 5.69. The molecule has 2 N–H and O–H groups in total. The van der Waals surface area contributed by atoms with Gasteiger partial charge in [-0.1, -0.05) is 13.3 Å². The highest BCUT2D eigenvalue weighted by atomic mass is 16.5. The first kappa shape index (κ1) is 11.6. The van der Waals surface area contributed by atoms with Crippen molar-refractivity contribution in [3.05, 3.63) is 29.9 Å². The Kier molecular flexibility index (Phi) is 3.37. The van der Waals surface area contributed by atoms with E-state index >= 15 is 0 Å². The zero-order valence-electron chi connectivity index (χ0n) is 10.1. The summed E-state index contributed by atoms with van der Waals surface area (Å²) >= 11 is 0. The highest BCUT2D eigenvalue weighted by Crippen LogP contribution is 2.26. The molecule has 5 heteroatoms. The Balaban J connectivity index is 2.10. The highest BCUT2D eigenvalue weighted by molar-refractivity contribution is 5.53. The lowest BCUT2D eigenvalue weighted by atomic mass is 10.2. The monoisotopic (exact) mass is 235 g/mol. The predicted octanol–water partition coefficient (Wildman–Crippen LogP) is 2.13. The third kappa shape index (κ3) is 2.43. The van der Waals surface area contributed by atoms with Crippen molar-refractivity contribution < 1.29 is 9.15 Å². The van der Waals surface area contributed by atoms with Crippen LogP contribution in [0.3, 0.4) is 0 Å². The van der Waals surface area contributed by atoms with Crippen LogP contribution in [0.2, 0.25) is 0 Å². The Labute approximate surface area is 100 Å². The SMILES string of the molecule is CCCc1nn(C)c(OCc2ccco2)c1N. The first-order chi connectivity index (χ1) is 8.22. The minimum atomic E-state index is 0.363. The van der Waals surface area contributed by atoms with Crippen molar-refractivity contribution in [1.82, 2.24) is 9.78 Å². The molecule has 0 amide bonds. The van der Waals surface area contributed by atoms with E-state index in [4.69, 9.17) is 14.9 Å². The van der Waals surface area contributed by atoms with Gasteiger partial charge in [-0.3, -0.25) is 0 Å². The second-order valence-electron chi connectivity index (χ2n) is 3.91. The van der Waals surface area contributed by atoms with Crippen LogP contribution in [0.25, 0.3) is 0 Å². The van der Waals surface area contributed by atoms with Crippen LogP contribution in [-0.4, -0.2) is 9.78 Å². The number of ether oxygens (including phenoxy) is 1. The fourth-order valence-electron chi connectivity index (χ4n) is 1.70. The van der Waals surface area contributed by atoms with Crippen LogP contribution in [0.15, 0.2) is 22.8 Å². The molecule has 17 heavy (non-hydrogen) atoms. The van der Waals surface area contributed by atoms with E-state index in [2.05, 4.69) is 12.0 Å². The zero-order chi connectivity index (χ0) is 12.3. The second-order valence-corrected chi connectivity index (χ2v) is 3.91. The maximum Gasteiger partial charge on any atom is 0.236 e. The number of rotatable bonds is 5. The van der Waals surface area contributed by atoms with Crippen LogP contribution < -0.4 is 10.5 Å².